The van der Waals surface area contributed by atoms with E-state index in [1.54, 1.807) is 23.7 Å². The van der Waals surface area contributed by atoms with Gasteiger partial charge >= 0.3 is 0 Å². The van der Waals surface area contributed by atoms with E-state index in [4.69, 9.17) is 0 Å². The minimum absolute atomic E-state index is 0.0712. The van der Waals surface area contributed by atoms with Gasteiger partial charge in [0.2, 0.25) is 0 Å². The smallest absolute Gasteiger partial charge is 0.124 e. The Hall–Kier alpha value is -1.73. The lowest BCUT2D eigenvalue weighted by Gasteiger charge is -2.10. The van der Waals surface area contributed by atoms with Crippen molar-refractivity contribution >= 4 is 11.3 Å². The maximum atomic E-state index is 9.27. The molecule has 0 aliphatic rings. The van der Waals surface area contributed by atoms with Gasteiger partial charge in [-0.05, 0) is 25.0 Å². The predicted octanol–water partition coefficient (Wildman–Crippen LogP) is 3.78. The molecule has 92 valence electrons. The molecular weight excluding hydrogens is 242 g/mol. The van der Waals surface area contributed by atoms with Crippen LogP contribution in [0.4, 0.5) is 0 Å². The number of hydrogen-bond acceptors (Lipinski definition) is 4. The van der Waals surface area contributed by atoms with E-state index in [2.05, 4.69) is 29.9 Å². The minimum atomic E-state index is -0.0712. The zero-order valence-electron chi connectivity index (χ0n) is 10.7. The second kappa shape index (κ2) is 5.28. The number of nitriles is 1. The van der Waals surface area contributed by atoms with E-state index in [0.29, 0.717) is 5.92 Å². The van der Waals surface area contributed by atoms with Crippen LogP contribution in [0.15, 0.2) is 24.5 Å². The highest BCUT2D eigenvalue weighted by atomic mass is 32.1. The SMILES string of the molecule is Cc1nc(-c2ccncc2)sc1C(C#N)C(C)C. The summed E-state index contributed by atoms with van der Waals surface area (Å²) in [6.07, 6.45) is 3.52. The van der Waals surface area contributed by atoms with E-state index in [1.165, 1.54) is 0 Å². The third-order valence-electron chi connectivity index (χ3n) is 2.85. The van der Waals surface area contributed by atoms with Crippen LogP contribution in [-0.2, 0) is 0 Å². The third kappa shape index (κ3) is 2.41. The molecule has 0 spiro atoms. The van der Waals surface area contributed by atoms with Crippen LogP contribution in [0.2, 0.25) is 0 Å². The normalized spacial score (nSPS) is 12.4. The van der Waals surface area contributed by atoms with E-state index >= 15 is 0 Å². The number of hydrogen-bond donors (Lipinski definition) is 0. The number of thiazole rings is 1. The van der Waals surface area contributed by atoms with Gasteiger partial charge in [-0.25, -0.2) is 4.98 Å². The quantitative estimate of drug-likeness (QED) is 0.840. The molecule has 18 heavy (non-hydrogen) atoms. The fourth-order valence-electron chi connectivity index (χ4n) is 1.83. The van der Waals surface area contributed by atoms with Crippen molar-refractivity contribution in [3.05, 3.63) is 35.1 Å². The molecule has 4 heteroatoms. The van der Waals surface area contributed by atoms with Crippen LogP contribution in [-0.4, -0.2) is 9.97 Å². The first-order valence-corrected chi connectivity index (χ1v) is 6.72. The van der Waals surface area contributed by atoms with Gasteiger partial charge in [0.25, 0.3) is 0 Å². The minimum Gasteiger partial charge on any atom is -0.265 e. The van der Waals surface area contributed by atoms with E-state index in [0.717, 1.165) is 21.1 Å². The molecule has 2 aromatic rings. The van der Waals surface area contributed by atoms with E-state index in [-0.39, 0.29) is 5.92 Å². The summed E-state index contributed by atoms with van der Waals surface area (Å²) in [6, 6.07) is 6.27. The molecule has 2 heterocycles. The Labute approximate surface area is 111 Å². The number of pyridine rings is 1. The molecule has 0 saturated heterocycles. The molecule has 0 bridgehead atoms. The monoisotopic (exact) mass is 257 g/mol. The number of aryl methyl sites for hydroxylation is 1. The molecular formula is C14H15N3S. The summed E-state index contributed by atoms with van der Waals surface area (Å²) in [4.78, 5) is 9.66. The summed E-state index contributed by atoms with van der Waals surface area (Å²) in [5.41, 5.74) is 2.02. The summed E-state index contributed by atoms with van der Waals surface area (Å²) in [6.45, 7) is 6.11. The van der Waals surface area contributed by atoms with Gasteiger partial charge < -0.3 is 0 Å². The van der Waals surface area contributed by atoms with E-state index in [1.807, 2.05) is 19.1 Å². The standard InChI is InChI=1S/C14H15N3S/c1-9(2)12(8-15)13-10(3)17-14(18-13)11-4-6-16-7-5-11/h4-7,9,12H,1-3H3. The van der Waals surface area contributed by atoms with Gasteiger partial charge in [-0.2, -0.15) is 5.26 Å². The second-order valence-corrected chi connectivity index (χ2v) is 5.59. The summed E-state index contributed by atoms with van der Waals surface area (Å²) >= 11 is 1.61. The molecule has 0 aromatic carbocycles. The van der Waals surface area contributed by atoms with Gasteiger partial charge in [-0.15, -0.1) is 11.3 Å². The highest BCUT2D eigenvalue weighted by Gasteiger charge is 2.21. The molecule has 0 amide bonds. The molecule has 0 aliphatic carbocycles. The molecule has 0 radical (unpaired) electrons. The van der Waals surface area contributed by atoms with Gasteiger partial charge in [-0.1, -0.05) is 13.8 Å². The molecule has 0 fully saturated rings. The molecule has 0 aliphatic heterocycles. The van der Waals surface area contributed by atoms with Crippen LogP contribution >= 0.6 is 11.3 Å². The van der Waals surface area contributed by atoms with Crippen molar-refractivity contribution in [1.82, 2.24) is 9.97 Å². The van der Waals surface area contributed by atoms with Gasteiger partial charge in [0.05, 0.1) is 17.7 Å². The first-order chi connectivity index (χ1) is 8.63. The Morgan fingerprint density at radius 2 is 1.94 bits per heavy atom. The molecule has 3 nitrogen and oxygen atoms in total. The van der Waals surface area contributed by atoms with Crippen LogP contribution in [0.25, 0.3) is 10.6 Å². The molecule has 2 aromatic heterocycles. The van der Waals surface area contributed by atoms with Gasteiger partial charge in [0.15, 0.2) is 0 Å². The summed E-state index contributed by atoms with van der Waals surface area (Å²) < 4.78 is 0. The Balaban J connectivity index is 2.42. The Bertz CT molecular complexity index is 566. The first kappa shape index (κ1) is 12.7. The van der Waals surface area contributed by atoms with Gasteiger partial charge in [0.1, 0.15) is 5.01 Å². The predicted molar refractivity (Wildman–Crippen MR) is 73.3 cm³/mol. The Morgan fingerprint density at radius 1 is 1.28 bits per heavy atom. The van der Waals surface area contributed by atoms with Crippen molar-refractivity contribution in [1.29, 1.82) is 5.26 Å². The maximum absolute atomic E-state index is 9.27. The number of nitrogens with zero attached hydrogens (tertiary/aromatic N) is 3. The van der Waals surface area contributed by atoms with Crippen LogP contribution < -0.4 is 0 Å². The second-order valence-electron chi connectivity index (χ2n) is 4.56. The number of rotatable bonds is 3. The zero-order valence-corrected chi connectivity index (χ0v) is 11.5. The topological polar surface area (TPSA) is 49.6 Å². The highest BCUT2D eigenvalue weighted by Crippen LogP contribution is 2.35. The third-order valence-corrected chi connectivity index (χ3v) is 4.14. The Kier molecular flexibility index (Phi) is 3.73. The summed E-state index contributed by atoms with van der Waals surface area (Å²) in [5, 5.41) is 10.2. The Morgan fingerprint density at radius 3 is 2.50 bits per heavy atom. The van der Waals surface area contributed by atoms with Crippen LogP contribution in [0.1, 0.15) is 30.3 Å². The summed E-state index contributed by atoms with van der Waals surface area (Å²) in [5.74, 6) is 0.234. The number of aromatic nitrogens is 2. The lowest BCUT2D eigenvalue weighted by atomic mass is 9.95. The maximum Gasteiger partial charge on any atom is 0.124 e. The lowest BCUT2D eigenvalue weighted by Crippen LogP contribution is -2.03. The fraction of sp³-hybridized carbons (Fsp3) is 0.357. The van der Waals surface area contributed by atoms with Gasteiger partial charge in [0, 0.05) is 22.8 Å². The van der Waals surface area contributed by atoms with Crippen molar-refractivity contribution < 1.29 is 0 Å². The van der Waals surface area contributed by atoms with Crippen molar-refractivity contribution in [3.8, 4) is 16.6 Å². The van der Waals surface area contributed by atoms with Crippen molar-refractivity contribution in [3.63, 3.8) is 0 Å². The molecule has 0 saturated carbocycles. The van der Waals surface area contributed by atoms with E-state index < -0.39 is 0 Å². The van der Waals surface area contributed by atoms with Crippen molar-refractivity contribution in [2.45, 2.75) is 26.7 Å². The van der Waals surface area contributed by atoms with Crippen LogP contribution in [0.5, 0.6) is 0 Å². The largest absolute Gasteiger partial charge is 0.265 e. The van der Waals surface area contributed by atoms with Crippen molar-refractivity contribution in [2.24, 2.45) is 5.92 Å². The molecule has 0 N–H and O–H groups in total. The molecule has 2 rings (SSSR count). The average Bonchev–Trinajstić information content (AvgIpc) is 2.73. The van der Waals surface area contributed by atoms with E-state index in [9.17, 15) is 5.26 Å². The van der Waals surface area contributed by atoms with Crippen LogP contribution in [0.3, 0.4) is 0 Å². The van der Waals surface area contributed by atoms with Crippen molar-refractivity contribution in [2.75, 3.05) is 0 Å². The zero-order chi connectivity index (χ0) is 13.1. The molecule has 1 unspecified atom stereocenters. The summed E-state index contributed by atoms with van der Waals surface area (Å²) in [7, 11) is 0. The van der Waals surface area contributed by atoms with Gasteiger partial charge in [-0.3, -0.25) is 4.98 Å². The lowest BCUT2D eigenvalue weighted by molar-refractivity contribution is 0.591. The average molecular weight is 257 g/mol. The molecule has 1 atom stereocenters. The van der Waals surface area contributed by atoms with Crippen LogP contribution in [0, 0.1) is 24.2 Å². The highest BCUT2D eigenvalue weighted by molar-refractivity contribution is 7.15. The fourth-order valence-corrected chi connectivity index (χ4v) is 3.12. The first-order valence-electron chi connectivity index (χ1n) is 5.90.